The maximum absolute atomic E-state index is 5.89. The first-order chi connectivity index (χ1) is 6.27. The molecule has 0 aliphatic rings. The van der Waals surface area contributed by atoms with Gasteiger partial charge in [-0.2, -0.15) is 0 Å². The quantitative estimate of drug-likeness (QED) is 0.658. The second-order valence-corrected chi connectivity index (χ2v) is 3.15. The van der Waals surface area contributed by atoms with E-state index in [0.717, 1.165) is 11.4 Å². The summed E-state index contributed by atoms with van der Waals surface area (Å²) in [4.78, 5) is 0. The third kappa shape index (κ3) is 1.43. The number of nitrogens with zero attached hydrogens (tertiary/aromatic N) is 1. The van der Waals surface area contributed by atoms with Gasteiger partial charge in [0.1, 0.15) is 0 Å². The zero-order chi connectivity index (χ0) is 9.26. The summed E-state index contributed by atoms with van der Waals surface area (Å²) in [7, 11) is 0. The summed E-state index contributed by atoms with van der Waals surface area (Å²) in [5.41, 5.74) is 8.93. The van der Waals surface area contributed by atoms with Crippen molar-refractivity contribution in [1.82, 2.24) is 4.57 Å². The lowest BCUT2D eigenvalue weighted by Crippen LogP contribution is -1.97. The van der Waals surface area contributed by atoms with Gasteiger partial charge in [0, 0.05) is 12.4 Å². The van der Waals surface area contributed by atoms with Crippen LogP contribution in [0, 0.1) is 6.92 Å². The molecule has 0 bridgehead atoms. The predicted octanol–water partition coefficient (Wildman–Crippen LogP) is 2.37. The number of rotatable bonds is 1. The van der Waals surface area contributed by atoms with Crippen molar-refractivity contribution < 1.29 is 0 Å². The van der Waals surface area contributed by atoms with E-state index in [1.807, 2.05) is 48.1 Å². The van der Waals surface area contributed by atoms with E-state index in [4.69, 9.17) is 5.73 Å². The second kappa shape index (κ2) is 2.98. The zero-order valence-electron chi connectivity index (χ0n) is 7.57. The van der Waals surface area contributed by atoms with Gasteiger partial charge in [-0.05, 0) is 36.8 Å². The molecule has 0 saturated carbocycles. The largest absolute Gasteiger partial charge is 0.397 e. The third-order valence-electron chi connectivity index (χ3n) is 2.07. The summed E-state index contributed by atoms with van der Waals surface area (Å²) in [5, 5.41) is 0. The number of nitrogen functional groups attached to an aromatic ring is 1. The van der Waals surface area contributed by atoms with Crippen LogP contribution in [-0.2, 0) is 0 Å². The molecule has 2 N–H and O–H groups in total. The molecule has 2 heteroatoms. The molecule has 2 aromatic rings. The molecule has 0 atom stereocenters. The van der Waals surface area contributed by atoms with Crippen LogP contribution in [0.4, 0.5) is 5.69 Å². The van der Waals surface area contributed by atoms with Gasteiger partial charge in [-0.3, -0.25) is 0 Å². The van der Waals surface area contributed by atoms with Gasteiger partial charge in [0.25, 0.3) is 0 Å². The highest BCUT2D eigenvalue weighted by atomic mass is 15.0. The molecule has 0 fully saturated rings. The highest BCUT2D eigenvalue weighted by Gasteiger charge is 1.99. The van der Waals surface area contributed by atoms with E-state index >= 15 is 0 Å². The van der Waals surface area contributed by atoms with Crippen LogP contribution < -0.4 is 5.73 Å². The molecule has 0 amide bonds. The molecule has 2 rings (SSSR count). The molecular formula is C11H12N2. The topological polar surface area (TPSA) is 30.9 Å². The van der Waals surface area contributed by atoms with E-state index in [0.29, 0.717) is 0 Å². The average molecular weight is 172 g/mol. The molecule has 0 spiro atoms. The minimum atomic E-state index is 0.816. The fraction of sp³-hybridized carbons (Fsp3) is 0.0909. The van der Waals surface area contributed by atoms with Crippen molar-refractivity contribution in [2.45, 2.75) is 6.92 Å². The van der Waals surface area contributed by atoms with Gasteiger partial charge in [0.2, 0.25) is 0 Å². The standard InChI is InChI=1S/C11H12N2/c1-9-4-5-11(10(12)8-9)13-6-2-3-7-13/h2-8H,12H2,1H3. The number of hydrogen-bond acceptors (Lipinski definition) is 1. The first kappa shape index (κ1) is 7.92. The Morgan fingerprint density at radius 2 is 1.85 bits per heavy atom. The third-order valence-corrected chi connectivity index (χ3v) is 2.07. The van der Waals surface area contributed by atoms with E-state index in [1.54, 1.807) is 0 Å². The summed E-state index contributed by atoms with van der Waals surface area (Å²) in [6.45, 7) is 2.04. The Bertz CT molecular complexity index is 402. The van der Waals surface area contributed by atoms with E-state index in [2.05, 4.69) is 6.07 Å². The Labute approximate surface area is 77.6 Å². The van der Waals surface area contributed by atoms with Crippen molar-refractivity contribution in [3.63, 3.8) is 0 Å². The lowest BCUT2D eigenvalue weighted by Gasteiger charge is -2.07. The highest BCUT2D eigenvalue weighted by Crippen LogP contribution is 2.18. The van der Waals surface area contributed by atoms with E-state index < -0.39 is 0 Å². The molecule has 0 aliphatic heterocycles. The SMILES string of the molecule is Cc1ccc(-n2cccc2)c(N)c1. The van der Waals surface area contributed by atoms with Crippen molar-refractivity contribution in [3.8, 4) is 5.69 Å². The molecule has 1 heterocycles. The number of anilines is 1. The molecular weight excluding hydrogens is 160 g/mol. The molecule has 0 saturated heterocycles. The fourth-order valence-corrected chi connectivity index (χ4v) is 1.40. The van der Waals surface area contributed by atoms with E-state index in [-0.39, 0.29) is 0 Å². The Balaban J connectivity index is 2.53. The summed E-state index contributed by atoms with van der Waals surface area (Å²) in [5.74, 6) is 0. The van der Waals surface area contributed by atoms with Crippen LogP contribution in [-0.4, -0.2) is 4.57 Å². The van der Waals surface area contributed by atoms with E-state index in [1.165, 1.54) is 5.56 Å². The zero-order valence-corrected chi connectivity index (χ0v) is 7.57. The molecule has 0 unspecified atom stereocenters. The highest BCUT2D eigenvalue weighted by molar-refractivity contribution is 5.59. The monoisotopic (exact) mass is 172 g/mol. The Kier molecular flexibility index (Phi) is 1.81. The molecule has 13 heavy (non-hydrogen) atoms. The summed E-state index contributed by atoms with van der Waals surface area (Å²) >= 11 is 0. The number of nitrogens with two attached hydrogens (primary N) is 1. The van der Waals surface area contributed by atoms with Gasteiger partial charge < -0.3 is 10.3 Å². The minimum Gasteiger partial charge on any atom is -0.397 e. The Morgan fingerprint density at radius 3 is 2.46 bits per heavy atom. The fourth-order valence-electron chi connectivity index (χ4n) is 1.40. The Hall–Kier alpha value is -1.70. The van der Waals surface area contributed by atoms with Gasteiger partial charge in [0.05, 0.1) is 11.4 Å². The lowest BCUT2D eigenvalue weighted by atomic mass is 10.2. The van der Waals surface area contributed by atoms with Crippen LogP contribution in [0.15, 0.2) is 42.7 Å². The maximum Gasteiger partial charge on any atom is 0.0680 e. The van der Waals surface area contributed by atoms with Crippen molar-refractivity contribution in [2.24, 2.45) is 0 Å². The molecule has 2 nitrogen and oxygen atoms in total. The van der Waals surface area contributed by atoms with Gasteiger partial charge in [-0.25, -0.2) is 0 Å². The summed E-state index contributed by atoms with van der Waals surface area (Å²) < 4.78 is 2.01. The molecule has 1 aromatic carbocycles. The second-order valence-electron chi connectivity index (χ2n) is 3.15. The van der Waals surface area contributed by atoms with Crippen molar-refractivity contribution in [3.05, 3.63) is 48.3 Å². The van der Waals surface area contributed by atoms with Gasteiger partial charge >= 0.3 is 0 Å². The van der Waals surface area contributed by atoms with Crippen LogP contribution in [0.25, 0.3) is 5.69 Å². The molecule has 1 aromatic heterocycles. The van der Waals surface area contributed by atoms with Gasteiger partial charge in [-0.1, -0.05) is 6.07 Å². The number of benzene rings is 1. The van der Waals surface area contributed by atoms with Crippen molar-refractivity contribution in [1.29, 1.82) is 0 Å². The first-order valence-corrected chi connectivity index (χ1v) is 4.27. The van der Waals surface area contributed by atoms with Crippen molar-refractivity contribution in [2.75, 3.05) is 5.73 Å². The van der Waals surface area contributed by atoms with E-state index in [9.17, 15) is 0 Å². The molecule has 66 valence electrons. The van der Waals surface area contributed by atoms with Crippen LogP contribution in [0.5, 0.6) is 0 Å². The number of hydrogen-bond donors (Lipinski definition) is 1. The molecule has 0 radical (unpaired) electrons. The normalized spacial score (nSPS) is 10.2. The number of aryl methyl sites for hydroxylation is 1. The van der Waals surface area contributed by atoms with Crippen molar-refractivity contribution >= 4 is 5.69 Å². The van der Waals surface area contributed by atoms with Gasteiger partial charge in [-0.15, -0.1) is 0 Å². The summed E-state index contributed by atoms with van der Waals surface area (Å²) in [6.07, 6.45) is 3.97. The smallest absolute Gasteiger partial charge is 0.0680 e. The predicted molar refractivity (Wildman–Crippen MR) is 54.9 cm³/mol. The maximum atomic E-state index is 5.89. The van der Waals surface area contributed by atoms with Crippen LogP contribution in [0.1, 0.15) is 5.56 Å². The lowest BCUT2D eigenvalue weighted by molar-refractivity contribution is 1.08. The average Bonchev–Trinajstić information content (AvgIpc) is 2.56. The molecule has 0 aliphatic carbocycles. The Morgan fingerprint density at radius 1 is 1.15 bits per heavy atom. The first-order valence-electron chi connectivity index (χ1n) is 4.27. The van der Waals surface area contributed by atoms with Crippen LogP contribution >= 0.6 is 0 Å². The minimum absolute atomic E-state index is 0.816. The number of aromatic nitrogens is 1. The van der Waals surface area contributed by atoms with Crippen LogP contribution in [0.2, 0.25) is 0 Å². The van der Waals surface area contributed by atoms with Crippen LogP contribution in [0.3, 0.4) is 0 Å². The summed E-state index contributed by atoms with van der Waals surface area (Å²) in [6, 6.07) is 10.0. The van der Waals surface area contributed by atoms with Gasteiger partial charge in [0.15, 0.2) is 0 Å².